The molecule has 0 aliphatic rings. The van der Waals surface area contributed by atoms with E-state index in [1.165, 1.54) is 24.3 Å². The molecule has 0 saturated heterocycles. The van der Waals surface area contributed by atoms with Crippen molar-refractivity contribution in [2.75, 3.05) is 0 Å². The Morgan fingerprint density at radius 1 is 1.12 bits per heavy atom. The summed E-state index contributed by atoms with van der Waals surface area (Å²) in [6.45, 7) is 3.65. The maximum absolute atomic E-state index is 12.4. The number of carbonyl (C=O) groups excluding carboxylic acids is 1. The van der Waals surface area contributed by atoms with Crippen LogP contribution >= 0.6 is 23.2 Å². The summed E-state index contributed by atoms with van der Waals surface area (Å²) in [4.78, 5) is 24.0. The van der Waals surface area contributed by atoms with Gasteiger partial charge in [-0.15, -0.1) is 6.58 Å². The number of allylic oxidation sites excluding steroid dienone is 1. The highest BCUT2D eigenvalue weighted by molar-refractivity contribution is 6.35. The van der Waals surface area contributed by atoms with E-state index in [1.54, 1.807) is 18.2 Å². The van der Waals surface area contributed by atoms with Gasteiger partial charge in [-0.3, -0.25) is 4.79 Å². The molecule has 1 atom stereocenters. The van der Waals surface area contributed by atoms with Gasteiger partial charge in [-0.2, -0.15) is 0 Å². The van der Waals surface area contributed by atoms with E-state index in [0.717, 1.165) is 5.56 Å². The van der Waals surface area contributed by atoms with Crippen LogP contribution in [0.1, 0.15) is 21.5 Å². The third kappa shape index (κ3) is 5.25. The summed E-state index contributed by atoms with van der Waals surface area (Å²) in [6, 6.07) is 7.79. The molecule has 2 rings (SSSR count). The summed E-state index contributed by atoms with van der Waals surface area (Å²) in [5.41, 5.74) is 1.61. The number of amides is 1. The van der Waals surface area contributed by atoms with Crippen molar-refractivity contribution in [3.8, 4) is 5.75 Å². The van der Waals surface area contributed by atoms with Crippen LogP contribution in [0.5, 0.6) is 5.75 Å². The number of carboxylic acid groups (broad SMARTS) is 1. The molecule has 0 aliphatic heterocycles. The first-order valence-electron chi connectivity index (χ1n) is 7.71. The van der Waals surface area contributed by atoms with E-state index >= 15 is 0 Å². The summed E-state index contributed by atoms with van der Waals surface area (Å²) in [7, 11) is 0. The Balaban J connectivity index is 2.23. The Labute approximate surface area is 160 Å². The van der Waals surface area contributed by atoms with Gasteiger partial charge in [-0.1, -0.05) is 35.3 Å². The van der Waals surface area contributed by atoms with E-state index in [1.807, 2.05) is 0 Å². The summed E-state index contributed by atoms with van der Waals surface area (Å²) in [5.74, 6) is -1.69. The molecule has 0 fully saturated rings. The van der Waals surface area contributed by atoms with Crippen molar-refractivity contribution in [2.45, 2.75) is 18.9 Å². The van der Waals surface area contributed by atoms with E-state index < -0.39 is 17.9 Å². The van der Waals surface area contributed by atoms with Crippen molar-refractivity contribution >= 4 is 35.1 Å². The molecule has 0 heterocycles. The van der Waals surface area contributed by atoms with Crippen LogP contribution in [0.2, 0.25) is 10.0 Å². The predicted octanol–water partition coefficient (Wildman–Crippen LogP) is 3.85. The molecule has 0 aliphatic carbocycles. The van der Waals surface area contributed by atoms with Gasteiger partial charge in [-0.05, 0) is 47.9 Å². The minimum atomic E-state index is -1.18. The number of aromatic hydroxyl groups is 1. The van der Waals surface area contributed by atoms with Gasteiger partial charge in [0.25, 0.3) is 5.91 Å². The van der Waals surface area contributed by atoms with Crippen LogP contribution < -0.4 is 5.32 Å². The van der Waals surface area contributed by atoms with Crippen LogP contribution in [-0.4, -0.2) is 28.1 Å². The van der Waals surface area contributed by atoms with Crippen LogP contribution in [0.15, 0.2) is 49.1 Å². The topological polar surface area (TPSA) is 86.6 Å². The third-order valence-corrected chi connectivity index (χ3v) is 4.14. The molecule has 136 valence electrons. The highest BCUT2D eigenvalue weighted by Crippen LogP contribution is 2.21. The standard InChI is InChI=1S/C19H17Cl2NO4/c1-2-3-11-8-16(23)5-4-12(11)9-17(19(25)26)22-18(24)13-6-14(20)10-15(21)7-13/h2,4-8,10,17,23H,1,3,9H2,(H,22,24)(H,25,26). The number of hydrogen-bond donors (Lipinski definition) is 3. The van der Waals surface area contributed by atoms with E-state index in [2.05, 4.69) is 11.9 Å². The minimum absolute atomic E-state index is 0.0544. The molecule has 2 aromatic carbocycles. The normalized spacial score (nSPS) is 11.6. The lowest BCUT2D eigenvalue weighted by atomic mass is 9.97. The van der Waals surface area contributed by atoms with Gasteiger partial charge in [0.05, 0.1) is 0 Å². The van der Waals surface area contributed by atoms with Gasteiger partial charge in [0, 0.05) is 22.0 Å². The number of benzene rings is 2. The Kier molecular flexibility index (Phi) is 6.66. The van der Waals surface area contributed by atoms with Gasteiger partial charge < -0.3 is 15.5 Å². The summed E-state index contributed by atoms with van der Waals surface area (Å²) < 4.78 is 0. The molecule has 5 nitrogen and oxygen atoms in total. The first-order chi connectivity index (χ1) is 12.3. The zero-order valence-corrected chi connectivity index (χ0v) is 15.2. The summed E-state index contributed by atoms with van der Waals surface area (Å²) in [5, 5.41) is 22.1. The SMILES string of the molecule is C=CCc1cc(O)ccc1CC(NC(=O)c1cc(Cl)cc(Cl)c1)C(=O)O. The average molecular weight is 394 g/mol. The molecule has 0 aromatic heterocycles. The molecule has 3 N–H and O–H groups in total. The first kappa shape index (κ1) is 19.8. The van der Waals surface area contributed by atoms with Crippen LogP contribution in [-0.2, 0) is 17.6 Å². The maximum atomic E-state index is 12.4. The summed E-state index contributed by atoms with van der Waals surface area (Å²) >= 11 is 11.8. The van der Waals surface area contributed by atoms with E-state index in [9.17, 15) is 19.8 Å². The number of carboxylic acids is 1. The zero-order chi connectivity index (χ0) is 19.3. The first-order valence-corrected chi connectivity index (χ1v) is 8.47. The van der Waals surface area contributed by atoms with Gasteiger partial charge in [0.1, 0.15) is 11.8 Å². The fourth-order valence-electron chi connectivity index (χ4n) is 2.50. The maximum Gasteiger partial charge on any atom is 0.326 e. The number of hydrogen-bond acceptors (Lipinski definition) is 3. The van der Waals surface area contributed by atoms with Gasteiger partial charge >= 0.3 is 5.97 Å². The predicted molar refractivity (Wildman–Crippen MR) is 101 cm³/mol. The van der Waals surface area contributed by atoms with Crippen LogP contribution in [0.3, 0.4) is 0 Å². The molecule has 1 amide bonds. The van der Waals surface area contributed by atoms with Crippen molar-refractivity contribution in [2.24, 2.45) is 0 Å². The second-order valence-electron chi connectivity index (χ2n) is 5.67. The number of carbonyl (C=O) groups is 2. The van der Waals surface area contributed by atoms with Gasteiger partial charge in [0.15, 0.2) is 0 Å². The smallest absolute Gasteiger partial charge is 0.326 e. The van der Waals surface area contributed by atoms with Crippen molar-refractivity contribution in [3.63, 3.8) is 0 Å². The van der Waals surface area contributed by atoms with Gasteiger partial charge in [0.2, 0.25) is 0 Å². The zero-order valence-electron chi connectivity index (χ0n) is 13.7. The van der Waals surface area contributed by atoms with Gasteiger partial charge in [-0.25, -0.2) is 4.79 Å². The van der Waals surface area contributed by atoms with Crippen LogP contribution in [0.25, 0.3) is 0 Å². The average Bonchev–Trinajstić information content (AvgIpc) is 2.55. The molecule has 0 saturated carbocycles. The fraction of sp³-hybridized carbons (Fsp3) is 0.158. The number of halogens is 2. The molecular formula is C19H17Cl2NO4. The molecular weight excluding hydrogens is 377 g/mol. The Morgan fingerprint density at radius 2 is 1.77 bits per heavy atom. The molecule has 26 heavy (non-hydrogen) atoms. The Bertz CT molecular complexity index is 831. The lowest BCUT2D eigenvalue weighted by Gasteiger charge is -2.17. The molecule has 1 unspecified atom stereocenters. The second-order valence-corrected chi connectivity index (χ2v) is 6.55. The monoisotopic (exact) mass is 393 g/mol. The Hall–Kier alpha value is -2.50. The molecule has 0 spiro atoms. The molecule has 2 aromatic rings. The van der Waals surface area contributed by atoms with E-state index in [-0.39, 0.29) is 27.8 Å². The second kappa shape index (κ2) is 8.74. The highest BCUT2D eigenvalue weighted by Gasteiger charge is 2.22. The largest absolute Gasteiger partial charge is 0.508 e. The lowest BCUT2D eigenvalue weighted by molar-refractivity contribution is -0.139. The number of aliphatic carboxylic acids is 1. The summed E-state index contributed by atoms with van der Waals surface area (Å²) in [6.07, 6.45) is 2.17. The molecule has 7 heteroatoms. The Morgan fingerprint density at radius 3 is 2.35 bits per heavy atom. The highest BCUT2D eigenvalue weighted by atomic mass is 35.5. The van der Waals surface area contributed by atoms with E-state index in [0.29, 0.717) is 12.0 Å². The fourth-order valence-corrected chi connectivity index (χ4v) is 3.03. The minimum Gasteiger partial charge on any atom is -0.508 e. The lowest BCUT2D eigenvalue weighted by Crippen LogP contribution is -2.42. The number of nitrogens with one attached hydrogen (secondary N) is 1. The third-order valence-electron chi connectivity index (χ3n) is 3.71. The number of rotatable bonds is 7. The molecule has 0 bridgehead atoms. The van der Waals surface area contributed by atoms with Crippen LogP contribution in [0, 0.1) is 0 Å². The molecule has 0 radical (unpaired) electrons. The quantitative estimate of drug-likeness (QED) is 0.623. The van der Waals surface area contributed by atoms with Crippen molar-refractivity contribution in [1.29, 1.82) is 0 Å². The van der Waals surface area contributed by atoms with Crippen LogP contribution in [0.4, 0.5) is 0 Å². The van der Waals surface area contributed by atoms with E-state index in [4.69, 9.17) is 23.2 Å². The number of phenolic OH excluding ortho intramolecular Hbond substituents is 1. The van der Waals surface area contributed by atoms with Crippen molar-refractivity contribution in [3.05, 3.63) is 75.8 Å². The van der Waals surface area contributed by atoms with Crippen molar-refractivity contribution in [1.82, 2.24) is 5.32 Å². The number of phenols is 1. The van der Waals surface area contributed by atoms with Crippen molar-refractivity contribution < 1.29 is 19.8 Å².